The third-order valence-corrected chi connectivity index (χ3v) is 3.88. The minimum absolute atomic E-state index is 0.0458. The Labute approximate surface area is 144 Å². The summed E-state index contributed by atoms with van der Waals surface area (Å²) in [4.78, 5) is 2.37. The van der Waals surface area contributed by atoms with Crippen molar-refractivity contribution in [2.75, 3.05) is 10.2 Å². The van der Waals surface area contributed by atoms with E-state index < -0.39 is 0 Å². The quantitative estimate of drug-likeness (QED) is 0.602. The second-order valence-electron chi connectivity index (χ2n) is 6.85. The van der Waals surface area contributed by atoms with Crippen LogP contribution in [0.25, 0.3) is 0 Å². The van der Waals surface area contributed by atoms with Crippen molar-refractivity contribution in [1.29, 1.82) is 0 Å². The van der Waals surface area contributed by atoms with E-state index in [9.17, 15) is 0 Å². The Kier molecular flexibility index (Phi) is 4.57. The molecule has 0 aliphatic rings. The molecule has 0 aromatic heterocycles. The number of anilines is 4. The van der Waals surface area contributed by atoms with Gasteiger partial charge in [0.05, 0.1) is 11.4 Å². The van der Waals surface area contributed by atoms with Gasteiger partial charge in [-0.1, -0.05) is 48.5 Å². The summed E-state index contributed by atoms with van der Waals surface area (Å²) < 4.78 is 0. The van der Waals surface area contributed by atoms with E-state index >= 15 is 0 Å². The maximum absolute atomic E-state index is 3.55. The van der Waals surface area contributed by atoms with E-state index in [1.807, 2.05) is 18.2 Å². The van der Waals surface area contributed by atoms with E-state index in [0.717, 1.165) is 11.4 Å². The van der Waals surface area contributed by atoms with Gasteiger partial charge in [-0.05, 0) is 57.2 Å². The fraction of sp³-hybridized carbons (Fsp3) is 0.182. The Bertz CT molecular complexity index is 774. The van der Waals surface area contributed by atoms with E-state index in [1.54, 1.807) is 0 Å². The first-order valence-corrected chi connectivity index (χ1v) is 8.32. The molecule has 0 saturated heterocycles. The number of para-hydroxylation sites is 4. The van der Waals surface area contributed by atoms with Crippen LogP contribution in [0.15, 0.2) is 84.9 Å². The maximum atomic E-state index is 3.55. The van der Waals surface area contributed by atoms with Gasteiger partial charge < -0.3 is 10.2 Å². The van der Waals surface area contributed by atoms with Crippen molar-refractivity contribution in [3.05, 3.63) is 84.9 Å². The van der Waals surface area contributed by atoms with Gasteiger partial charge in [0.1, 0.15) is 0 Å². The van der Waals surface area contributed by atoms with Gasteiger partial charge in [0.25, 0.3) is 0 Å². The minimum atomic E-state index is -0.0458. The maximum Gasteiger partial charge on any atom is 0.0654 e. The predicted molar refractivity (Wildman–Crippen MR) is 105 cm³/mol. The summed E-state index contributed by atoms with van der Waals surface area (Å²) in [6, 6.07) is 29.3. The van der Waals surface area contributed by atoms with Crippen LogP contribution in [0, 0.1) is 0 Å². The monoisotopic (exact) mass is 316 g/mol. The third-order valence-electron chi connectivity index (χ3n) is 3.88. The molecule has 0 unspecified atom stereocenters. The van der Waals surface area contributed by atoms with E-state index in [-0.39, 0.29) is 5.54 Å². The van der Waals surface area contributed by atoms with Crippen molar-refractivity contribution in [3.63, 3.8) is 0 Å². The topological polar surface area (TPSA) is 15.3 Å². The lowest BCUT2D eigenvalue weighted by molar-refractivity contribution is 0.561. The average molecular weight is 316 g/mol. The van der Waals surface area contributed by atoms with Crippen molar-refractivity contribution >= 4 is 22.7 Å². The van der Waals surface area contributed by atoms with E-state index in [0.29, 0.717) is 0 Å². The normalized spacial score (nSPS) is 11.1. The summed E-state index contributed by atoms with van der Waals surface area (Å²) in [6.45, 7) is 6.71. The van der Waals surface area contributed by atoms with Crippen LogP contribution in [0.4, 0.5) is 22.7 Å². The van der Waals surface area contributed by atoms with Crippen molar-refractivity contribution in [2.24, 2.45) is 0 Å². The zero-order valence-electron chi connectivity index (χ0n) is 14.5. The number of benzene rings is 3. The number of hydrogen-bond donors (Lipinski definition) is 1. The Hall–Kier alpha value is -2.74. The van der Waals surface area contributed by atoms with Crippen LogP contribution >= 0.6 is 0 Å². The van der Waals surface area contributed by atoms with E-state index in [1.165, 1.54) is 11.4 Å². The molecule has 2 nitrogen and oxygen atoms in total. The largest absolute Gasteiger partial charge is 0.354 e. The highest BCUT2D eigenvalue weighted by Gasteiger charge is 2.25. The lowest BCUT2D eigenvalue weighted by atomic mass is 10.0. The summed E-state index contributed by atoms with van der Waals surface area (Å²) in [5.74, 6) is 0. The van der Waals surface area contributed by atoms with Gasteiger partial charge in [-0.3, -0.25) is 0 Å². The van der Waals surface area contributed by atoms with Crippen LogP contribution in [-0.4, -0.2) is 5.54 Å². The lowest BCUT2D eigenvalue weighted by Crippen LogP contribution is -2.37. The molecule has 3 aromatic rings. The van der Waals surface area contributed by atoms with Gasteiger partial charge >= 0.3 is 0 Å². The molecule has 0 saturated carbocycles. The molecule has 0 spiro atoms. The van der Waals surface area contributed by atoms with E-state index in [2.05, 4.69) is 97.7 Å². The summed E-state index contributed by atoms with van der Waals surface area (Å²) in [7, 11) is 0. The van der Waals surface area contributed by atoms with Crippen LogP contribution in [0.3, 0.4) is 0 Å². The van der Waals surface area contributed by atoms with Gasteiger partial charge in [0, 0.05) is 16.9 Å². The molecular weight excluding hydrogens is 292 g/mol. The molecule has 0 aliphatic heterocycles. The smallest absolute Gasteiger partial charge is 0.0654 e. The highest BCUT2D eigenvalue weighted by atomic mass is 15.2. The van der Waals surface area contributed by atoms with Crippen LogP contribution in [-0.2, 0) is 0 Å². The first-order valence-electron chi connectivity index (χ1n) is 8.32. The predicted octanol–water partition coefficient (Wildman–Crippen LogP) is 6.37. The molecule has 0 heterocycles. The van der Waals surface area contributed by atoms with Crippen LogP contribution in [0.2, 0.25) is 0 Å². The molecule has 0 fully saturated rings. The standard InChI is InChI=1S/C22H24N2/c1-22(2,3)24(19-14-8-5-9-15-19)21-17-11-10-16-20(21)23-18-12-6-4-7-13-18/h4-17,23H,1-3H3. The van der Waals surface area contributed by atoms with Crippen molar-refractivity contribution in [2.45, 2.75) is 26.3 Å². The zero-order chi connectivity index (χ0) is 17.0. The molecule has 122 valence electrons. The summed E-state index contributed by atoms with van der Waals surface area (Å²) in [5, 5.41) is 3.55. The Morgan fingerprint density at radius 3 is 1.83 bits per heavy atom. The Morgan fingerprint density at radius 1 is 0.667 bits per heavy atom. The summed E-state index contributed by atoms with van der Waals surface area (Å²) >= 11 is 0. The van der Waals surface area contributed by atoms with Crippen LogP contribution < -0.4 is 10.2 Å². The van der Waals surface area contributed by atoms with Gasteiger partial charge in [0.2, 0.25) is 0 Å². The number of hydrogen-bond acceptors (Lipinski definition) is 2. The van der Waals surface area contributed by atoms with Gasteiger partial charge in [-0.2, -0.15) is 0 Å². The third kappa shape index (κ3) is 3.60. The zero-order valence-corrected chi connectivity index (χ0v) is 14.5. The van der Waals surface area contributed by atoms with Crippen molar-refractivity contribution < 1.29 is 0 Å². The van der Waals surface area contributed by atoms with E-state index in [4.69, 9.17) is 0 Å². The first kappa shape index (κ1) is 16.1. The van der Waals surface area contributed by atoms with Gasteiger partial charge in [0.15, 0.2) is 0 Å². The van der Waals surface area contributed by atoms with Gasteiger partial charge in [-0.25, -0.2) is 0 Å². The fourth-order valence-corrected chi connectivity index (χ4v) is 2.92. The average Bonchev–Trinajstić information content (AvgIpc) is 2.57. The molecule has 24 heavy (non-hydrogen) atoms. The number of rotatable bonds is 4. The Morgan fingerprint density at radius 2 is 1.21 bits per heavy atom. The van der Waals surface area contributed by atoms with Crippen molar-refractivity contribution in [3.8, 4) is 0 Å². The highest BCUT2D eigenvalue weighted by Crippen LogP contribution is 2.38. The second-order valence-corrected chi connectivity index (χ2v) is 6.85. The number of nitrogens with one attached hydrogen (secondary N) is 1. The summed E-state index contributed by atoms with van der Waals surface area (Å²) in [6.07, 6.45) is 0. The molecule has 0 bridgehead atoms. The molecule has 3 rings (SSSR count). The fourth-order valence-electron chi connectivity index (χ4n) is 2.92. The van der Waals surface area contributed by atoms with Crippen LogP contribution in [0.5, 0.6) is 0 Å². The molecule has 3 aromatic carbocycles. The number of nitrogens with zero attached hydrogens (tertiary/aromatic N) is 1. The molecule has 0 atom stereocenters. The van der Waals surface area contributed by atoms with Gasteiger partial charge in [-0.15, -0.1) is 0 Å². The molecular formula is C22H24N2. The Balaban J connectivity index is 2.06. The molecule has 0 aliphatic carbocycles. The molecule has 0 amide bonds. The summed E-state index contributed by atoms with van der Waals surface area (Å²) in [5.41, 5.74) is 4.50. The minimum Gasteiger partial charge on any atom is -0.354 e. The SMILES string of the molecule is CC(C)(C)N(c1ccccc1)c1ccccc1Nc1ccccc1. The molecule has 0 radical (unpaired) electrons. The lowest BCUT2D eigenvalue weighted by Gasteiger charge is -2.39. The molecule has 2 heteroatoms. The first-order chi connectivity index (χ1) is 11.6. The second kappa shape index (κ2) is 6.79. The highest BCUT2D eigenvalue weighted by molar-refractivity contribution is 5.80. The molecule has 1 N–H and O–H groups in total. The van der Waals surface area contributed by atoms with Crippen LogP contribution in [0.1, 0.15) is 20.8 Å². The van der Waals surface area contributed by atoms with Crippen molar-refractivity contribution in [1.82, 2.24) is 0 Å².